The number of amides is 2. The van der Waals surface area contributed by atoms with Crippen LogP contribution in [-0.2, 0) is 33.8 Å². The number of carbonyl (C=O) groups is 3. The van der Waals surface area contributed by atoms with Gasteiger partial charge in [0, 0.05) is 32.0 Å². The molecule has 39 heavy (non-hydrogen) atoms. The molecule has 0 spiro atoms. The summed E-state index contributed by atoms with van der Waals surface area (Å²) in [7, 11) is 1.39. The minimum atomic E-state index is -0.365. The van der Waals surface area contributed by atoms with Gasteiger partial charge < -0.3 is 15.0 Å². The molecule has 0 bridgehead atoms. The fraction of sp³-hybridized carbons (Fsp3) is 0.364. The van der Waals surface area contributed by atoms with Crippen molar-refractivity contribution in [2.24, 2.45) is 11.8 Å². The summed E-state index contributed by atoms with van der Waals surface area (Å²) in [5.41, 5.74) is 7.09. The molecule has 0 unspecified atom stereocenters. The molecule has 0 radical (unpaired) electrons. The number of carbonyl (C=O) groups excluding carboxylic acids is 3. The minimum absolute atomic E-state index is 0.0141. The van der Waals surface area contributed by atoms with E-state index in [1.54, 1.807) is 6.07 Å². The molecule has 2 saturated carbocycles. The lowest BCUT2D eigenvalue weighted by Crippen LogP contribution is -2.37. The summed E-state index contributed by atoms with van der Waals surface area (Å²) in [5, 5.41) is 3.18. The van der Waals surface area contributed by atoms with Gasteiger partial charge >= 0.3 is 5.97 Å². The Balaban J connectivity index is 1.25. The van der Waals surface area contributed by atoms with E-state index in [9.17, 15) is 14.4 Å². The lowest BCUT2D eigenvalue weighted by atomic mass is 9.87. The number of fused-ring (bicyclic) bond motifs is 1. The van der Waals surface area contributed by atoms with Crippen molar-refractivity contribution in [1.29, 1.82) is 0 Å². The fourth-order valence-electron chi connectivity index (χ4n) is 5.89. The fourth-order valence-corrected chi connectivity index (χ4v) is 5.89. The molecule has 0 saturated heterocycles. The lowest BCUT2D eigenvalue weighted by Gasteiger charge is -2.32. The second-order valence-corrected chi connectivity index (χ2v) is 11.1. The monoisotopic (exact) mass is 522 g/mol. The molecule has 2 fully saturated rings. The van der Waals surface area contributed by atoms with Gasteiger partial charge in [-0.1, -0.05) is 54.6 Å². The van der Waals surface area contributed by atoms with Crippen LogP contribution in [0, 0.1) is 11.8 Å². The number of ether oxygens (including phenoxy) is 1. The van der Waals surface area contributed by atoms with Crippen LogP contribution in [0.5, 0.6) is 0 Å². The number of rotatable bonds is 8. The number of esters is 1. The van der Waals surface area contributed by atoms with Crippen LogP contribution in [0.25, 0.3) is 11.1 Å². The quantitative estimate of drug-likeness (QED) is 0.411. The topological polar surface area (TPSA) is 75.7 Å². The summed E-state index contributed by atoms with van der Waals surface area (Å²) in [6, 6.07) is 21.9. The molecule has 2 aliphatic carbocycles. The third-order valence-electron chi connectivity index (χ3n) is 8.42. The molecule has 6 nitrogen and oxygen atoms in total. The molecule has 1 heterocycles. The predicted molar refractivity (Wildman–Crippen MR) is 149 cm³/mol. The first kappa shape index (κ1) is 25.4. The van der Waals surface area contributed by atoms with Gasteiger partial charge in [0.25, 0.3) is 0 Å². The van der Waals surface area contributed by atoms with E-state index in [1.165, 1.54) is 18.2 Å². The number of benzene rings is 3. The molecular formula is C33H34N2O4. The highest BCUT2D eigenvalue weighted by molar-refractivity contribution is 5.91. The Morgan fingerprint density at radius 2 is 1.79 bits per heavy atom. The molecule has 2 atom stereocenters. The van der Waals surface area contributed by atoms with Crippen LogP contribution in [0.4, 0.5) is 0 Å². The van der Waals surface area contributed by atoms with Gasteiger partial charge in [-0.3, -0.25) is 9.59 Å². The van der Waals surface area contributed by atoms with Gasteiger partial charge in [-0.05, 0) is 83.0 Å². The van der Waals surface area contributed by atoms with Crippen molar-refractivity contribution in [3.8, 4) is 11.1 Å². The first-order valence-corrected chi connectivity index (χ1v) is 13.9. The number of methoxy groups -OCH3 is 1. The molecular weight excluding hydrogens is 488 g/mol. The summed E-state index contributed by atoms with van der Waals surface area (Å²) < 4.78 is 4.93. The number of hydrogen-bond donors (Lipinski definition) is 1. The Kier molecular flexibility index (Phi) is 6.94. The van der Waals surface area contributed by atoms with Crippen LogP contribution >= 0.6 is 0 Å². The average molecular weight is 523 g/mol. The number of nitrogens with zero attached hydrogens (tertiary/aromatic N) is 1. The van der Waals surface area contributed by atoms with E-state index in [4.69, 9.17) is 4.74 Å². The molecule has 1 aliphatic heterocycles. The van der Waals surface area contributed by atoms with Crippen LogP contribution < -0.4 is 5.32 Å². The minimum Gasteiger partial charge on any atom is -0.465 e. The number of nitrogens with one attached hydrogen (secondary N) is 1. The molecule has 1 N–H and O–H groups in total. The second kappa shape index (κ2) is 10.7. The molecule has 6 rings (SSSR count). The van der Waals surface area contributed by atoms with Gasteiger partial charge in [0.1, 0.15) is 0 Å². The molecule has 6 heteroatoms. The molecule has 2 amide bonds. The van der Waals surface area contributed by atoms with Gasteiger partial charge in [0.15, 0.2) is 0 Å². The molecule has 0 aromatic heterocycles. The van der Waals surface area contributed by atoms with Gasteiger partial charge in [0.05, 0.1) is 12.7 Å². The first-order chi connectivity index (χ1) is 19.0. The van der Waals surface area contributed by atoms with E-state index in [0.717, 1.165) is 47.9 Å². The van der Waals surface area contributed by atoms with Crippen molar-refractivity contribution in [3.63, 3.8) is 0 Å². The highest BCUT2D eigenvalue weighted by Crippen LogP contribution is 2.47. The van der Waals surface area contributed by atoms with E-state index in [2.05, 4.69) is 29.6 Å². The van der Waals surface area contributed by atoms with E-state index >= 15 is 0 Å². The zero-order chi connectivity index (χ0) is 26.9. The molecule has 200 valence electrons. The summed E-state index contributed by atoms with van der Waals surface area (Å²) in [4.78, 5) is 40.2. The van der Waals surface area contributed by atoms with Crippen LogP contribution in [0.2, 0.25) is 0 Å². The van der Waals surface area contributed by atoms with Crippen molar-refractivity contribution >= 4 is 17.8 Å². The van der Waals surface area contributed by atoms with E-state index in [-0.39, 0.29) is 23.7 Å². The average Bonchev–Trinajstić information content (AvgIpc) is 3.91. The molecule has 3 aromatic rings. The lowest BCUT2D eigenvalue weighted by molar-refractivity contribution is -0.132. The smallest absolute Gasteiger partial charge is 0.337 e. The van der Waals surface area contributed by atoms with Gasteiger partial charge in [0.2, 0.25) is 11.8 Å². The zero-order valence-corrected chi connectivity index (χ0v) is 22.3. The highest BCUT2D eigenvalue weighted by atomic mass is 16.5. The van der Waals surface area contributed by atoms with E-state index in [1.807, 2.05) is 41.3 Å². The van der Waals surface area contributed by atoms with Crippen molar-refractivity contribution < 1.29 is 19.1 Å². The van der Waals surface area contributed by atoms with E-state index in [0.29, 0.717) is 43.5 Å². The van der Waals surface area contributed by atoms with Crippen molar-refractivity contribution in [2.75, 3.05) is 13.7 Å². The molecule has 3 aliphatic rings. The first-order valence-electron chi connectivity index (χ1n) is 13.9. The standard InChI is InChI=1S/C33H34N2O4/c1-39-33(38)24-9-5-8-23(17-24)26-13-12-25(19-34-32(37)29-18-28(29)22-6-3-2-4-7-22)30-20-35(15-14-27(26)30)31(36)16-21-10-11-21/h2-9,12-13,17,21,28-29H,10-11,14-16,18-20H2,1H3,(H,34,37)/t28-,29+/m1/s1. The maximum atomic E-state index is 13.0. The molecule has 3 aromatic carbocycles. The van der Waals surface area contributed by atoms with Crippen molar-refractivity contribution in [1.82, 2.24) is 10.2 Å². The van der Waals surface area contributed by atoms with E-state index < -0.39 is 0 Å². The summed E-state index contributed by atoms with van der Waals surface area (Å²) in [6.45, 7) is 1.66. The maximum absolute atomic E-state index is 13.0. The zero-order valence-electron chi connectivity index (χ0n) is 22.3. The highest BCUT2D eigenvalue weighted by Gasteiger charge is 2.43. The Morgan fingerprint density at radius 3 is 2.56 bits per heavy atom. The predicted octanol–water partition coefficient (Wildman–Crippen LogP) is 5.24. The maximum Gasteiger partial charge on any atom is 0.337 e. The third-order valence-corrected chi connectivity index (χ3v) is 8.42. The largest absolute Gasteiger partial charge is 0.465 e. The van der Waals surface area contributed by atoms with Gasteiger partial charge in [-0.2, -0.15) is 0 Å². The second-order valence-electron chi connectivity index (χ2n) is 11.1. The third kappa shape index (κ3) is 5.47. The van der Waals surface area contributed by atoms with Crippen LogP contribution in [0.3, 0.4) is 0 Å². The Hall–Kier alpha value is -3.93. The summed E-state index contributed by atoms with van der Waals surface area (Å²) in [6.07, 6.45) is 4.56. The summed E-state index contributed by atoms with van der Waals surface area (Å²) >= 11 is 0. The number of hydrogen-bond acceptors (Lipinski definition) is 4. The normalized spacial score (nSPS) is 19.7. The van der Waals surface area contributed by atoms with Crippen LogP contribution in [-0.4, -0.2) is 36.3 Å². The van der Waals surface area contributed by atoms with Crippen molar-refractivity contribution in [2.45, 2.75) is 51.1 Å². The Bertz CT molecular complexity index is 1410. The van der Waals surface area contributed by atoms with Crippen LogP contribution in [0.15, 0.2) is 66.7 Å². The SMILES string of the molecule is COC(=O)c1cccc(-c2ccc(CNC(=O)[C@H]3C[C@@H]3c3ccccc3)c3c2CCN(C(=O)CC2CC2)C3)c1. The van der Waals surface area contributed by atoms with Crippen molar-refractivity contribution in [3.05, 3.63) is 94.5 Å². The van der Waals surface area contributed by atoms with Gasteiger partial charge in [-0.15, -0.1) is 0 Å². The summed E-state index contributed by atoms with van der Waals surface area (Å²) in [5.74, 6) is 0.794. The van der Waals surface area contributed by atoms with Gasteiger partial charge in [-0.25, -0.2) is 4.79 Å². The van der Waals surface area contributed by atoms with Crippen LogP contribution in [0.1, 0.15) is 64.2 Å². The Labute approximate surface area is 229 Å². The Morgan fingerprint density at radius 1 is 0.974 bits per heavy atom.